The molecule has 0 aliphatic rings. The van der Waals surface area contributed by atoms with Gasteiger partial charge in [0.2, 0.25) is 0 Å². The highest BCUT2D eigenvalue weighted by atomic mass is 79.9. The summed E-state index contributed by atoms with van der Waals surface area (Å²) < 4.78 is 2.16. The number of halogens is 3. The smallest absolute Gasteiger partial charge is 0.328 e. The lowest BCUT2D eigenvalue weighted by atomic mass is 10.2. The zero-order valence-corrected chi connectivity index (χ0v) is 21.5. The van der Waals surface area contributed by atoms with Gasteiger partial charge in [-0.25, -0.2) is 4.68 Å². The van der Waals surface area contributed by atoms with E-state index in [1.54, 1.807) is 54.6 Å². The molecule has 0 atom stereocenters. The lowest BCUT2D eigenvalue weighted by molar-refractivity contribution is -0.136. The Morgan fingerprint density at radius 2 is 1.60 bits per heavy atom. The van der Waals surface area contributed by atoms with Crippen molar-refractivity contribution in [2.45, 2.75) is 13.5 Å². The van der Waals surface area contributed by atoms with Crippen molar-refractivity contribution in [3.63, 3.8) is 0 Å². The van der Waals surface area contributed by atoms with Crippen LogP contribution in [0.15, 0.2) is 71.2 Å². The number of nitrogens with one attached hydrogen (secondary N) is 3. The van der Waals surface area contributed by atoms with Crippen molar-refractivity contribution in [2.24, 2.45) is 0 Å². The molecule has 0 radical (unpaired) electrons. The summed E-state index contributed by atoms with van der Waals surface area (Å²) in [5.41, 5.74) is 5.40. The third-order valence-electron chi connectivity index (χ3n) is 5.22. The third-order valence-corrected chi connectivity index (χ3v) is 6.20. The number of nitrogens with zero attached hydrogens (tertiary/aromatic N) is 1. The maximum absolute atomic E-state index is 13.2. The summed E-state index contributed by atoms with van der Waals surface area (Å²) in [4.78, 5) is 38.3. The van der Waals surface area contributed by atoms with E-state index in [2.05, 4.69) is 32.0 Å². The highest BCUT2D eigenvalue weighted by molar-refractivity contribution is 9.10. The SMILES string of the molecule is Cc1cc(Br)ccc1NC(=O)c1cc2cc(Cl)ccc2n1NC(=O)C(=O)NCc1ccc(Cl)cc1. The van der Waals surface area contributed by atoms with Gasteiger partial charge < -0.3 is 10.6 Å². The first-order chi connectivity index (χ1) is 16.7. The number of hydrogen-bond acceptors (Lipinski definition) is 3. The van der Waals surface area contributed by atoms with Gasteiger partial charge in [0.05, 0.1) is 5.52 Å². The summed E-state index contributed by atoms with van der Waals surface area (Å²) >= 11 is 15.4. The number of anilines is 1. The van der Waals surface area contributed by atoms with E-state index in [-0.39, 0.29) is 12.2 Å². The second-order valence-corrected chi connectivity index (χ2v) is 9.52. The molecule has 35 heavy (non-hydrogen) atoms. The first kappa shape index (κ1) is 24.8. The number of amides is 3. The average molecular weight is 574 g/mol. The predicted octanol–water partition coefficient (Wildman–Crippen LogP) is 5.66. The Hall–Kier alpha value is -3.33. The van der Waals surface area contributed by atoms with Crippen molar-refractivity contribution in [1.29, 1.82) is 0 Å². The zero-order valence-electron chi connectivity index (χ0n) is 18.4. The average Bonchev–Trinajstić information content (AvgIpc) is 3.17. The Labute approximate surface area is 219 Å². The van der Waals surface area contributed by atoms with E-state index >= 15 is 0 Å². The maximum atomic E-state index is 13.2. The lowest BCUT2D eigenvalue weighted by Gasteiger charge is -2.13. The first-order valence-electron chi connectivity index (χ1n) is 10.4. The van der Waals surface area contributed by atoms with Gasteiger partial charge in [0, 0.05) is 32.1 Å². The van der Waals surface area contributed by atoms with Crippen molar-refractivity contribution in [3.05, 3.63) is 98.1 Å². The predicted molar refractivity (Wildman–Crippen MR) is 141 cm³/mol. The topological polar surface area (TPSA) is 92.2 Å². The van der Waals surface area contributed by atoms with Crippen LogP contribution in [0.25, 0.3) is 10.9 Å². The van der Waals surface area contributed by atoms with Crippen LogP contribution in [-0.2, 0) is 16.1 Å². The molecule has 3 aromatic carbocycles. The lowest BCUT2D eigenvalue weighted by Crippen LogP contribution is -2.39. The molecule has 0 unspecified atom stereocenters. The van der Waals surface area contributed by atoms with Gasteiger partial charge in [-0.05, 0) is 72.6 Å². The van der Waals surface area contributed by atoms with Crippen LogP contribution in [0.5, 0.6) is 0 Å². The van der Waals surface area contributed by atoms with Gasteiger partial charge in [0.1, 0.15) is 5.69 Å². The Kier molecular flexibility index (Phi) is 7.45. The second kappa shape index (κ2) is 10.5. The minimum atomic E-state index is -0.930. The van der Waals surface area contributed by atoms with Gasteiger partial charge >= 0.3 is 11.8 Å². The highest BCUT2D eigenvalue weighted by Crippen LogP contribution is 2.25. The Balaban J connectivity index is 1.57. The summed E-state index contributed by atoms with van der Waals surface area (Å²) in [7, 11) is 0. The number of aromatic nitrogens is 1. The molecule has 10 heteroatoms. The van der Waals surface area contributed by atoms with E-state index in [9.17, 15) is 14.4 Å². The molecule has 3 amide bonds. The van der Waals surface area contributed by atoms with Gasteiger partial charge in [0.25, 0.3) is 5.91 Å². The molecule has 0 fully saturated rings. The van der Waals surface area contributed by atoms with Crippen LogP contribution in [0, 0.1) is 6.92 Å². The summed E-state index contributed by atoms with van der Waals surface area (Å²) in [5.74, 6) is -2.25. The van der Waals surface area contributed by atoms with Crippen LogP contribution < -0.4 is 16.1 Å². The fourth-order valence-corrected chi connectivity index (χ4v) is 4.23. The standard InChI is InChI=1S/C25H19BrCl2N4O3/c1-14-10-17(26)4-8-20(14)30-23(33)22-12-16-11-19(28)7-9-21(16)32(22)31-25(35)24(34)29-13-15-2-5-18(27)6-3-15/h2-12H,13H2,1H3,(H,29,34)(H,30,33)(H,31,35). The zero-order chi connectivity index (χ0) is 25.1. The van der Waals surface area contributed by atoms with Gasteiger partial charge in [-0.3, -0.25) is 19.8 Å². The molecular weight excluding hydrogens is 555 g/mol. The van der Waals surface area contributed by atoms with E-state index in [4.69, 9.17) is 23.2 Å². The van der Waals surface area contributed by atoms with E-state index in [1.165, 1.54) is 4.68 Å². The number of carbonyl (C=O) groups is 3. The molecule has 0 saturated heterocycles. The van der Waals surface area contributed by atoms with Crippen LogP contribution in [0.1, 0.15) is 21.6 Å². The van der Waals surface area contributed by atoms with Crippen LogP contribution >= 0.6 is 39.1 Å². The fraction of sp³-hybridized carbons (Fsp3) is 0.0800. The number of fused-ring (bicyclic) bond motifs is 1. The molecule has 3 N–H and O–H groups in total. The second-order valence-electron chi connectivity index (χ2n) is 7.73. The van der Waals surface area contributed by atoms with E-state index in [0.29, 0.717) is 26.6 Å². The Morgan fingerprint density at radius 1 is 0.886 bits per heavy atom. The summed E-state index contributed by atoms with van der Waals surface area (Å²) in [6.45, 7) is 2.00. The normalized spacial score (nSPS) is 10.7. The minimum Gasteiger partial charge on any atom is -0.344 e. The van der Waals surface area contributed by atoms with E-state index in [0.717, 1.165) is 15.6 Å². The molecule has 4 rings (SSSR count). The number of rotatable bonds is 5. The largest absolute Gasteiger partial charge is 0.344 e. The van der Waals surface area contributed by atoms with Gasteiger partial charge in [0.15, 0.2) is 0 Å². The minimum absolute atomic E-state index is 0.128. The maximum Gasteiger partial charge on any atom is 0.328 e. The van der Waals surface area contributed by atoms with Crippen molar-refractivity contribution < 1.29 is 14.4 Å². The third kappa shape index (κ3) is 5.85. The number of benzene rings is 3. The van der Waals surface area contributed by atoms with E-state index < -0.39 is 17.7 Å². The molecule has 0 saturated carbocycles. The summed E-state index contributed by atoms with van der Waals surface area (Å²) in [5, 5.41) is 7.07. The van der Waals surface area contributed by atoms with Gasteiger partial charge in [-0.2, -0.15) is 0 Å². The number of aryl methyl sites for hydroxylation is 1. The fourth-order valence-electron chi connectivity index (χ4n) is 3.44. The molecule has 0 spiro atoms. The van der Waals surface area contributed by atoms with Crippen molar-refractivity contribution in [3.8, 4) is 0 Å². The monoisotopic (exact) mass is 572 g/mol. The Bertz CT molecular complexity index is 1450. The molecule has 0 bridgehead atoms. The molecule has 1 heterocycles. The van der Waals surface area contributed by atoms with E-state index in [1.807, 2.05) is 19.1 Å². The molecule has 7 nitrogen and oxygen atoms in total. The van der Waals surface area contributed by atoms with Crippen LogP contribution in [0.2, 0.25) is 10.0 Å². The van der Waals surface area contributed by atoms with Crippen molar-refractivity contribution in [2.75, 3.05) is 10.7 Å². The van der Waals surface area contributed by atoms with Gasteiger partial charge in [-0.15, -0.1) is 0 Å². The van der Waals surface area contributed by atoms with Crippen LogP contribution in [0.4, 0.5) is 5.69 Å². The van der Waals surface area contributed by atoms with Gasteiger partial charge in [-0.1, -0.05) is 51.3 Å². The van der Waals surface area contributed by atoms with Crippen LogP contribution in [0.3, 0.4) is 0 Å². The molecule has 0 aliphatic carbocycles. The molecule has 4 aromatic rings. The van der Waals surface area contributed by atoms with Crippen molar-refractivity contribution in [1.82, 2.24) is 9.99 Å². The van der Waals surface area contributed by atoms with Crippen LogP contribution in [-0.4, -0.2) is 22.4 Å². The quantitative estimate of drug-likeness (QED) is 0.269. The van der Waals surface area contributed by atoms with Crippen molar-refractivity contribution >= 4 is 73.4 Å². The molecular formula is C25H19BrCl2N4O3. The summed E-state index contributed by atoms with van der Waals surface area (Å²) in [6, 6.07) is 18.9. The molecule has 0 aliphatic heterocycles. The summed E-state index contributed by atoms with van der Waals surface area (Å²) in [6.07, 6.45) is 0. The first-order valence-corrected chi connectivity index (χ1v) is 12.0. The molecule has 1 aromatic heterocycles. The molecule has 178 valence electrons. The number of carbonyl (C=O) groups excluding carboxylic acids is 3. The highest BCUT2D eigenvalue weighted by Gasteiger charge is 2.21. The Morgan fingerprint density at radius 3 is 2.31 bits per heavy atom. The number of hydrogen-bond donors (Lipinski definition) is 3.